The Morgan fingerprint density at radius 2 is 0.667 bits per heavy atom. The van der Waals surface area contributed by atoms with Crippen LogP contribution in [0.25, 0.3) is 0 Å². The van der Waals surface area contributed by atoms with Crippen LogP contribution in [0, 0.1) is 27.7 Å². The van der Waals surface area contributed by atoms with Crippen LogP contribution < -0.4 is 9.05 Å². The Morgan fingerprint density at radius 3 is 0.917 bits per heavy atom. The van der Waals surface area contributed by atoms with Gasteiger partial charge in [0.15, 0.2) is 11.5 Å². The summed E-state index contributed by atoms with van der Waals surface area (Å²) >= 11 is 0. The van der Waals surface area contributed by atoms with Crippen LogP contribution in [0.2, 0.25) is 0 Å². The number of benzene rings is 5. The van der Waals surface area contributed by atoms with Crippen LogP contribution in [-0.2, 0) is 53.7 Å². The molecule has 0 heterocycles. The maximum atomic E-state index is 14.2. The Kier molecular flexibility index (Phi) is 12.1. The summed E-state index contributed by atoms with van der Waals surface area (Å²) in [6.45, 7) is 7.70. The molecule has 250 valence electrons. The van der Waals surface area contributed by atoms with Crippen LogP contribution in [0.15, 0.2) is 121 Å². The number of phosphoric ester groups is 2. The van der Waals surface area contributed by atoms with Gasteiger partial charge in [-0.2, -0.15) is 0 Å². The molecule has 0 aliphatic carbocycles. The zero-order chi connectivity index (χ0) is 34.0. The maximum Gasteiger partial charge on any atom is 0.530 e. The van der Waals surface area contributed by atoms with Crippen molar-refractivity contribution in [1.82, 2.24) is 0 Å². The molecule has 0 aromatic heterocycles. The molecule has 0 atom stereocenters. The summed E-state index contributed by atoms with van der Waals surface area (Å²) < 4.78 is 64.0. The smallest absolute Gasteiger partial charge is 0.400 e. The van der Waals surface area contributed by atoms with Gasteiger partial charge in [0.2, 0.25) is 0 Å². The number of hydrogen-bond donors (Lipinski definition) is 0. The molecule has 5 aromatic carbocycles. The van der Waals surface area contributed by atoms with Crippen molar-refractivity contribution in [1.29, 1.82) is 0 Å². The van der Waals surface area contributed by atoms with E-state index in [-0.39, 0.29) is 37.9 Å². The first-order valence-electron chi connectivity index (χ1n) is 15.6. The SMILES string of the molecule is Cc1cccc(COP(=O)(OCc2cccc(C)c2)Oc2ccccc2OP(=O)(OCc2cccc(C)c2)OCc2cccc(C)c2)c1. The lowest BCUT2D eigenvalue weighted by Gasteiger charge is -2.23. The van der Waals surface area contributed by atoms with E-state index < -0.39 is 15.6 Å². The van der Waals surface area contributed by atoms with E-state index >= 15 is 0 Å². The summed E-state index contributed by atoms with van der Waals surface area (Å²) in [4.78, 5) is 0. The molecule has 0 spiro atoms. The summed E-state index contributed by atoms with van der Waals surface area (Å²) in [7, 11) is -8.57. The fraction of sp³-hybridized carbons (Fsp3) is 0.211. The molecule has 0 fully saturated rings. The van der Waals surface area contributed by atoms with Crippen molar-refractivity contribution in [3.63, 3.8) is 0 Å². The minimum atomic E-state index is -4.28. The average molecular weight is 687 g/mol. The molecule has 0 aliphatic heterocycles. The lowest BCUT2D eigenvalue weighted by Crippen LogP contribution is -2.07. The van der Waals surface area contributed by atoms with Gasteiger partial charge in [0, 0.05) is 0 Å². The Morgan fingerprint density at radius 1 is 0.396 bits per heavy atom. The van der Waals surface area contributed by atoms with Gasteiger partial charge < -0.3 is 9.05 Å². The zero-order valence-electron chi connectivity index (χ0n) is 27.5. The van der Waals surface area contributed by atoms with E-state index in [1.807, 2.05) is 125 Å². The van der Waals surface area contributed by atoms with E-state index in [1.165, 1.54) is 12.1 Å². The molecule has 0 radical (unpaired) electrons. The fourth-order valence-electron chi connectivity index (χ4n) is 4.84. The van der Waals surface area contributed by atoms with Crippen LogP contribution in [0.1, 0.15) is 44.5 Å². The first kappa shape index (κ1) is 35.3. The standard InChI is InChI=1S/C38H40O8P2/c1-29-11-7-15-33(21-29)25-41-47(39,42-26-34-16-8-12-30(2)22-34)45-37-19-5-6-20-38(37)46-48(40,43-27-35-17-9-13-31(3)23-35)44-28-36-18-10-14-32(4)24-36/h5-24H,25-28H2,1-4H3. The topological polar surface area (TPSA) is 89.5 Å². The van der Waals surface area contributed by atoms with E-state index in [1.54, 1.807) is 12.1 Å². The van der Waals surface area contributed by atoms with Crippen LogP contribution in [0.3, 0.4) is 0 Å². The van der Waals surface area contributed by atoms with E-state index in [9.17, 15) is 9.13 Å². The van der Waals surface area contributed by atoms with Crippen LogP contribution in [-0.4, -0.2) is 0 Å². The van der Waals surface area contributed by atoms with Crippen LogP contribution in [0.5, 0.6) is 11.5 Å². The number of para-hydroxylation sites is 2. The summed E-state index contributed by atoms with van der Waals surface area (Å²) in [5, 5.41) is 0. The zero-order valence-corrected chi connectivity index (χ0v) is 29.3. The van der Waals surface area contributed by atoms with Gasteiger partial charge in [0.1, 0.15) is 0 Å². The maximum absolute atomic E-state index is 14.2. The van der Waals surface area contributed by atoms with Crippen molar-refractivity contribution >= 4 is 15.6 Å². The second-order valence-corrected chi connectivity index (χ2v) is 14.8. The Bertz CT molecular complexity index is 1680. The third-order valence-corrected chi connectivity index (χ3v) is 9.78. The molecule has 5 rings (SSSR count). The summed E-state index contributed by atoms with van der Waals surface area (Å²) in [5.41, 5.74) is 7.28. The van der Waals surface area contributed by atoms with Crippen molar-refractivity contribution in [2.75, 3.05) is 0 Å². The molecule has 0 bridgehead atoms. The van der Waals surface area contributed by atoms with Gasteiger partial charge in [-0.15, -0.1) is 0 Å². The van der Waals surface area contributed by atoms with Gasteiger partial charge in [0.05, 0.1) is 26.4 Å². The first-order chi connectivity index (χ1) is 23.1. The highest BCUT2D eigenvalue weighted by atomic mass is 31.2. The fourth-order valence-corrected chi connectivity index (χ4v) is 7.22. The van der Waals surface area contributed by atoms with Gasteiger partial charge in [-0.3, -0.25) is 18.1 Å². The normalized spacial score (nSPS) is 11.8. The lowest BCUT2D eigenvalue weighted by atomic mass is 10.1. The Labute approximate surface area is 282 Å². The molecular formula is C38H40O8P2. The van der Waals surface area contributed by atoms with Crippen molar-refractivity contribution in [2.45, 2.75) is 54.1 Å². The monoisotopic (exact) mass is 686 g/mol. The Hall–Kier alpha value is -4.00. The summed E-state index contributed by atoms with van der Waals surface area (Å²) in [6, 6.07) is 36.9. The molecule has 48 heavy (non-hydrogen) atoms. The largest absolute Gasteiger partial charge is 0.530 e. The third-order valence-electron chi connectivity index (χ3n) is 7.16. The van der Waals surface area contributed by atoms with Crippen molar-refractivity contribution in [2.24, 2.45) is 0 Å². The van der Waals surface area contributed by atoms with Gasteiger partial charge in [0.25, 0.3) is 0 Å². The molecule has 0 saturated carbocycles. The van der Waals surface area contributed by atoms with Gasteiger partial charge in [-0.1, -0.05) is 131 Å². The van der Waals surface area contributed by atoms with Crippen LogP contribution in [0.4, 0.5) is 0 Å². The quantitative estimate of drug-likeness (QED) is 0.0948. The molecule has 10 heteroatoms. The second-order valence-electron chi connectivity index (χ2n) is 11.6. The third kappa shape index (κ3) is 10.8. The first-order valence-corrected chi connectivity index (χ1v) is 18.5. The molecular weight excluding hydrogens is 646 g/mol. The van der Waals surface area contributed by atoms with Crippen molar-refractivity contribution in [3.05, 3.63) is 166 Å². The highest BCUT2D eigenvalue weighted by molar-refractivity contribution is 7.49. The highest BCUT2D eigenvalue weighted by Crippen LogP contribution is 2.57. The predicted octanol–water partition coefficient (Wildman–Crippen LogP) is 10.8. The number of aryl methyl sites for hydroxylation is 4. The Balaban J connectivity index is 1.40. The van der Waals surface area contributed by atoms with E-state index in [0.29, 0.717) is 0 Å². The number of rotatable bonds is 16. The molecule has 0 saturated heterocycles. The average Bonchev–Trinajstić information content (AvgIpc) is 3.06. The van der Waals surface area contributed by atoms with E-state index in [4.69, 9.17) is 27.1 Å². The minimum Gasteiger partial charge on any atom is -0.400 e. The molecule has 0 N–H and O–H groups in total. The summed E-state index contributed by atoms with van der Waals surface area (Å²) in [5.74, 6) is -0.0410. The van der Waals surface area contributed by atoms with Crippen molar-refractivity contribution < 1.29 is 36.3 Å². The minimum absolute atomic E-state index is 0.0205. The van der Waals surface area contributed by atoms with Gasteiger partial charge in [-0.05, 0) is 62.1 Å². The van der Waals surface area contributed by atoms with E-state index in [2.05, 4.69) is 0 Å². The molecule has 8 nitrogen and oxygen atoms in total. The highest BCUT2D eigenvalue weighted by Gasteiger charge is 2.34. The molecule has 5 aromatic rings. The predicted molar refractivity (Wildman–Crippen MR) is 187 cm³/mol. The lowest BCUT2D eigenvalue weighted by molar-refractivity contribution is 0.134. The molecule has 0 amide bonds. The summed E-state index contributed by atoms with van der Waals surface area (Å²) in [6.07, 6.45) is 0. The van der Waals surface area contributed by atoms with Gasteiger partial charge in [-0.25, -0.2) is 9.13 Å². The van der Waals surface area contributed by atoms with Gasteiger partial charge >= 0.3 is 15.6 Å². The number of hydrogen-bond acceptors (Lipinski definition) is 8. The number of phosphoric acid groups is 2. The molecule has 0 aliphatic rings. The second kappa shape index (κ2) is 16.4. The molecule has 0 unspecified atom stereocenters. The van der Waals surface area contributed by atoms with Crippen molar-refractivity contribution in [3.8, 4) is 11.5 Å². The van der Waals surface area contributed by atoms with Crippen LogP contribution >= 0.6 is 15.6 Å². The van der Waals surface area contributed by atoms with E-state index in [0.717, 1.165) is 44.5 Å².